The molecule has 5 amide bonds. The summed E-state index contributed by atoms with van der Waals surface area (Å²) in [6, 6.07) is 10.3. The van der Waals surface area contributed by atoms with Crippen LogP contribution < -0.4 is 31.2 Å². The smallest absolute Gasteiger partial charge is 0.416 e. The van der Waals surface area contributed by atoms with E-state index in [1.54, 1.807) is 49.1 Å². The van der Waals surface area contributed by atoms with E-state index in [9.17, 15) is 37.1 Å². The molecule has 0 saturated carbocycles. The molecule has 3 aliphatic heterocycles. The van der Waals surface area contributed by atoms with Gasteiger partial charge in [0.1, 0.15) is 23.8 Å². The number of methoxy groups -OCH3 is 1. The van der Waals surface area contributed by atoms with Crippen LogP contribution in [0.15, 0.2) is 48.5 Å². The van der Waals surface area contributed by atoms with Crippen molar-refractivity contribution in [2.24, 2.45) is 0 Å². The summed E-state index contributed by atoms with van der Waals surface area (Å²) in [6.07, 6.45) is 0.494. The first-order valence-corrected chi connectivity index (χ1v) is 20.7. The molecule has 3 aromatic carbocycles. The molecule has 3 aliphatic rings. The first-order chi connectivity index (χ1) is 29.6. The van der Waals surface area contributed by atoms with Crippen LogP contribution in [0, 0.1) is 6.92 Å². The van der Waals surface area contributed by atoms with E-state index in [0.29, 0.717) is 77.8 Å². The minimum Gasteiger partial charge on any atom is -0.493 e. The van der Waals surface area contributed by atoms with E-state index in [2.05, 4.69) is 25.9 Å². The molecule has 0 spiro atoms. The van der Waals surface area contributed by atoms with Crippen LogP contribution in [-0.2, 0) is 20.6 Å². The number of unbranched alkanes of at least 4 members (excludes halogenated alkanes) is 4. The van der Waals surface area contributed by atoms with Crippen LogP contribution in [0.1, 0.15) is 108 Å². The normalized spacial score (nSPS) is 18.2. The summed E-state index contributed by atoms with van der Waals surface area (Å²) in [5, 5.41) is 9.28. The van der Waals surface area contributed by atoms with E-state index in [0.717, 1.165) is 49.1 Å². The second kappa shape index (κ2) is 18.3. The zero-order chi connectivity index (χ0) is 44.3. The highest BCUT2D eigenvalue weighted by molar-refractivity contribution is 6.25. The van der Waals surface area contributed by atoms with Gasteiger partial charge in [0.05, 0.1) is 41.9 Å². The first-order valence-electron chi connectivity index (χ1n) is 20.7. The second-order valence-electron chi connectivity index (χ2n) is 15.9. The Balaban J connectivity index is 0.868. The van der Waals surface area contributed by atoms with Crippen LogP contribution in [0.2, 0.25) is 0 Å². The van der Waals surface area contributed by atoms with Crippen LogP contribution in [-0.4, -0.2) is 88.2 Å². The van der Waals surface area contributed by atoms with Crippen molar-refractivity contribution in [2.45, 2.75) is 96.0 Å². The number of nitrogens with two attached hydrogens (primary N) is 1. The van der Waals surface area contributed by atoms with E-state index < -0.39 is 47.5 Å². The number of halogens is 3. The predicted molar refractivity (Wildman–Crippen MR) is 224 cm³/mol. The Kier molecular flexibility index (Phi) is 12.8. The summed E-state index contributed by atoms with van der Waals surface area (Å²) < 4.78 is 52.7. The van der Waals surface area contributed by atoms with Gasteiger partial charge in [-0.1, -0.05) is 25.3 Å². The number of hydrogen-bond donors (Lipinski definition) is 4. The molecule has 4 aromatic rings. The molecule has 2 saturated heterocycles. The molecule has 0 radical (unpaired) electrons. The number of benzene rings is 3. The number of aromatic nitrogens is 2. The fourth-order valence-electron chi connectivity index (χ4n) is 8.20. The van der Waals surface area contributed by atoms with Gasteiger partial charge in [-0.05, 0) is 75.1 Å². The lowest BCUT2D eigenvalue weighted by Crippen LogP contribution is -2.54. The summed E-state index contributed by atoms with van der Waals surface area (Å²) in [6.45, 7) is 4.94. The molecule has 7 rings (SSSR count). The number of amides is 5. The molecule has 1 aromatic heterocycles. The van der Waals surface area contributed by atoms with Crippen molar-refractivity contribution in [3.63, 3.8) is 0 Å². The SMILES string of the molecule is COc1cc2nc(C)nc(N[C@H](C)c3cc(N)cc(C(F)(F)F)c3)c2cc1O[C@H]1CCN(C(=O)CCCCCCCNc2cccc3c2C(=O)N(C2CCC(=O)NC2=O)C3=O)C1. The van der Waals surface area contributed by atoms with E-state index >= 15 is 0 Å². The Bertz CT molecular complexity index is 2410. The van der Waals surface area contributed by atoms with Gasteiger partial charge in [0.15, 0.2) is 11.5 Å². The number of nitrogens with zero attached hydrogens (tertiary/aromatic N) is 4. The third-order valence-corrected chi connectivity index (χ3v) is 11.4. The number of aryl methyl sites for hydroxylation is 1. The summed E-state index contributed by atoms with van der Waals surface area (Å²) in [7, 11) is 1.52. The van der Waals surface area contributed by atoms with E-state index in [-0.39, 0.29) is 41.7 Å². The first kappa shape index (κ1) is 43.6. The number of rotatable bonds is 16. The number of nitrogen functional groups attached to an aromatic ring is 1. The molecular formula is C44H49F3N8O7. The number of fused-ring (bicyclic) bond motifs is 2. The van der Waals surface area contributed by atoms with Gasteiger partial charge in [-0.2, -0.15) is 13.2 Å². The van der Waals surface area contributed by atoms with Crippen LogP contribution in [0.3, 0.4) is 0 Å². The molecule has 2 fully saturated rings. The minimum absolute atomic E-state index is 0.00379. The number of carbonyl (C=O) groups excluding carboxylic acids is 5. The molecule has 62 heavy (non-hydrogen) atoms. The number of carbonyl (C=O) groups is 5. The van der Waals surface area contributed by atoms with Crippen molar-refractivity contribution < 1.29 is 46.6 Å². The van der Waals surface area contributed by atoms with Gasteiger partial charge in [0, 0.05) is 55.2 Å². The highest BCUT2D eigenvalue weighted by Gasteiger charge is 2.45. The van der Waals surface area contributed by atoms with Crippen LogP contribution >= 0.6 is 0 Å². The lowest BCUT2D eigenvalue weighted by Gasteiger charge is -2.27. The topological polar surface area (TPSA) is 198 Å². The number of anilines is 3. The predicted octanol–water partition coefficient (Wildman–Crippen LogP) is 6.55. The number of hydrogen-bond acceptors (Lipinski definition) is 12. The van der Waals surface area contributed by atoms with E-state index in [1.165, 1.54) is 13.2 Å². The summed E-state index contributed by atoms with van der Waals surface area (Å²) in [5.41, 5.74) is 6.85. The Morgan fingerprint density at radius 1 is 0.984 bits per heavy atom. The molecule has 0 bridgehead atoms. The maximum Gasteiger partial charge on any atom is 0.416 e. The van der Waals surface area contributed by atoms with Gasteiger partial charge >= 0.3 is 6.18 Å². The van der Waals surface area contributed by atoms with Crippen molar-refractivity contribution in [3.8, 4) is 11.5 Å². The van der Waals surface area contributed by atoms with Gasteiger partial charge in [0.2, 0.25) is 17.7 Å². The largest absolute Gasteiger partial charge is 0.493 e. The Labute approximate surface area is 355 Å². The number of piperidine rings is 1. The molecular weight excluding hydrogens is 810 g/mol. The van der Waals surface area contributed by atoms with Crippen molar-refractivity contribution in [2.75, 3.05) is 43.1 Å². The third kappa shape index (κ3) is 9.53. The van der Waals surface area contributed by atoms with Crippen molar-refractivity contribution in [1.29, 1.82) is 0 Å². The Morgan fingerprint density at radius 3 is 2.52 bits per heavy atom. The highest BCUT2D eigenvalue weighted by atomic mass is 19.4. The lowest BCUT2D eigenvalue weighted by atomic mass is 10.0. The van der Waals surface area contributed by atoms with Crippen molar-refractivity contribution in [1.82, 2.24) is 25.1 Å². The number of ether oxygens (including phenoxy) is 2. The quantitative estimate of drug-likeness (QED) is 0.0539. The van der Waals surface area contributed by atoms with Gasteiger partial charge in [-0.25, -0.2) is 9.97 Å². The lowest BCUT2D eigenvalue weighted by molar-refractivity contribution is -0.138. The molecule has 328 valence electrons. The maximum absolute atomic E-state index is 13.5. The highest BCUT2D eigenvalue weighted by Crippen LogP contribution is 2.38. The second-order valence-corrected chi connectivity index (χ2v) is 15.9. The minimum atomic E-state index is -4.55. The molecule has 18 heteroatoms. The van der Waals surface area contributed by atoms with E-state index in [1.807, 2.05) is 0 Å². The fourth-order valence-corrected chi connectivity index (χ4v) is 8.20. The zero-order valence-electron chi connectivity index (χ0n) is 34.7. The van der Waals surface area contributed by atoms with Gasteiger partial charge < -0.3 is 30.7 Å². The molecule has 1 unspecified atom stereocenters. The van der Waals surface area contributed by atoms with Crippen LogP contribution in [0.5, 0.6) is 11.5 Å². The molecule has 5 N–H and O–H groups in total. The monoisotopic (exact) mass is 858 g/mol. The summed E-state index contributed by atoms with van der Waals surface area (Å²) in [5.74, 6) is -0.425. The average molecular weight is 859 g/mol. The van der Waals surface area contributed by atoms with Gasteiger partial charge in [-0.15, -0.1) is 0 Å². The van der Waals surface area contributed by atoms with Crippen molar-refractivity contribution >= 4 is 57.6 Å². The molecule has 0 aliphatic carbocycles. The standard InChI is InChI=1S/C44H49F3N8O7/c1-24(26-18-27(44(45,46)47)20-28(48)19-26)50-40-31-21-36(35(61-3)22-33(31)51-25(2)52-40)62-29-15-17-54(23-29)38(57)12-7-5-4-6-8-16-49-32-11-9-10-30-39(32)43(60)55(42(30)59)34-13-14-37(56)53-41(34)58/h9-11,18-22,24,29,34,49H,4-8,12-17,23,48H2,1-3H3,(H,50,51,52)(H,53,56,58)/t24-,29+,34?/m1/s1. The third-order valence-electron chi connectivity index (χ3n) is 11.4. The Hall–Kier alpha value is -6.46. The Morgan fingerprint density at radius 2 is 1.76 bits per heavy atom. The zero-order valence-corrected chi connectivity index (χ0v) is 34.7. The van der Waals surface area contributed by atoms with Crippen LogP contribution in [0.4, 0.5) is 30.4 Å². The summed E-state index contributed by atoms with van der Waals surface area (Å²) >= 11 is 0. The summed E-state index contributed by atoms with van der Waals surface area (Å²) in [4.78, 5) is 75.5. The number of imide groups is 2. The maximum atomic E-state index is 13.5. The number of alkyl halides is 3. The fraction of sp³-hybridized carbons (Fsp3) is 0.432. The van der Waals surface area contributed by atoms with Gasteiger partial charge in [0.25, 0.3) is 11.8 Å². The number of likely N-dealkylation sites (tertiary alicyclic amines) is 1. The number of nitrogens with one attached hydrogen (secondary N) is 3. The molecule has 4 heterocycles. The van der Waals surface area contributed by atoms with Gasteiger partial charge in [-0.3, -0.25) is 34.2 Å². The van der Waals surface area contributed by atoms with Crippen LogP contribution in [0.25, 0.3) is 10.9 Å². The molecule has 3 atom stereocenters. The van der Waals surface area contributed by atoms with Crippen molar-refractivity contribution in [3.05, 3.63) is 76.6 Å². The molecule has 15 nitrogen and oxygen atoms in total. The average Bonchev–Trinajstić information content (AvgIpc) is 3.80. The van der Waals surface area contributed by atoms with E-state index in [4.69, 9.17) is 15.2 Å².